The lowest BCUT2D eigenvalue weighted by Crippen LogP contribution is -2.69. The van der Waals surface area contributed by atoms with Crippen molar-refractivity contribution in [1.29, 1.82) is 0 Å². The van der Waals surface area contributed by atoms with Gasteiger partial charge in [-0.15, -0.1) is 0 Å². The van der Waals surface area contributed by atoms with Crippen molar-refractivity contribution in [3.05, 3.63) is 36.3 Å². The first kappa shape index (κ1) is 26.7. The van der Waals surface area contributed by atoms with E-state index in [9.17, 15) is 23.2 Å². The van der Waals surface area contributed by atoms with E-state index >= 15 is 0 Å². The van der Waals surface area contributed by atoms with Crippen molar-refractivity contribution in [2.45, 2.75) is 63.8 Å². The summed E-state index contributed by atoms with van der Waals surface area (Å²) in [4.78, 5) is 50.6. The lowest BCUT2D eigenvalue weighted by Gasteiger charge is -2.46. The summed E-state index contributed by atoms with van der Waals surface area (Å²) in [6.45, 7) is 0.839. The highest BCUT2D eigenvalue weighted by atomic mass is 19.3. The highest BCUT2D eigenvalue weighted by molar-refractivity contribution is 6.12. The number of halogens is 2. The van der Waals surface area contributed by atoms with Gasteiger partial charge in [0.2, 0.25) is 23.7 Å². The smallest absolute Gasteiger partial charge is 0.253 e. The van der Waals surface area contributed by atoms with Gasteiger partial charge < -0.3 is 10.3 Å². The molecule has 0 aromatic carbocycles. The van der Waals surface area contributed by atoms with Crippen LogP contribution in [0, 0.1) is 17.8 Å². The summed E-state index contributed by atoms with van der Waals surface area (Å²) in [6.07, 6.45) is 8.34. The Morgan fingerprint density at radius 1 is 1.22 bits per heavy atom. The van der Waals surface area contributed by atoms with Crippen molar-refractivity contribution in [2.75, 3.05) is 17.7 Å². The molecule has 1 aliphatic carbocycles. The standard InChI is InChI=1S/C26H34F2N6O3/c1-26(27,28)19(17-7-5-4-6-8-17)15-21(35)34-22(24(37)33(3)25-31-11-12-32(25)2)18(23(34)36)13-16-9-10-30-20(29)14-16/h9-12,14,17-19,22H,4-8,13,15H2,1-3H3,(H2,29,30)/t18-,19+,22+/m1/s1. The molecule has 3 heterocycles. The van der Waals surface area contributed by atoms with Gasteiger partial charge in [0.25, 0.3) is 5.91 Å². The second-order valence-corrected chi connectivity index (χ2v) is 10.3. The molecule has 3 amide bonds. The molecule has 2 aromatic heterocycles. The van der Waals surface area contributed by atoms with Crippen LogP contribution in [-0.2, 0) is 27.9 Å². The molecule has 2 aromatic rings. The first-order valence-corrected chi connectivity index (χ1v) is 12.7. The number of aromatic nitrogens is 3. The number of nitrogens with zero attached hydrogens (tertiary/aromatic N) is 5. The van der Waals surface area contributed by atoms with E-state index in [1.807, 2.05) is 0 Å². The molecule has 1 saturated heterocycles. The number of hydrogen-bond donors (Lipinski definition) is 1. The molecular weight excluding hydrogens is 482 g/mol. The van der Waals surface area contributed by atoms with Crippen molar-refractivity contribution in [3.63, 3.8) is 0 Å². The molecule has 200 valence electrons. The van der Waals surface area contributed by atoms with Gasteiger partial charge >= 0.3 is 0 Å². The van der Waals surface area contributed by atoms with Gasteiger partial charge in [-0.25, -0.2) is 18.7 Å². The van der Waals surface area contributed by atoms with Crippen LogP contribution >= 0.6 is 0 Å². The van der Waals surface area contributed by atoms with Crippen molar-refractivity contribution in [1.82, 2.24) is 19.4 Å². The number of hydrogen-bond acceptors (Lipinski definition) is 6. The second-order valence-electron chi connectivity index (χ2n) is 10.3. The normalized spacial score (nSPS) is 21.4. The molecule has 3 atom stereocenters. The number of alkyl halides is 2. The van der Waals surface area contributed by atoms with Crippen LogP contribution in [0.3, 0.4) is 0 Å². The van der Waals surface area contributed by atoms with E-state index in [-0.39, 0.29) is 18.2 Å². The molecule has 2 N–H and O–H groups in total. The monoisotopic (exact) mass is 516 g/mol. The van der Waals surface area contributed by atoms with E-state index in [2.05, 4.69) is 9.97 Å². The number of likely N-dealkylation sites (N-methyl/N-ethyl adjacent to an activating group) is 1. The molecule has 2 fully saturated rings. The topological polar surface area (TPSA) is 114 Å². The molecule has 1 saturated carbocycles. The van der Waals surface area contributed by atoms with Gasteiger partial charge in [0.05, 0.1) is 5.92 Å². The number of carbonyl (C=O) groups excluding carboxylic acids is 3. The molecule has 9 nitrogen and oxygen atoms in total. The number of amides is 3. The molecule has 2 aliphatic rings. The molecule has 0 unspecified atom stereocenters. The quantitative estimate of drug-likeness (QED) is 0.539. The van der Waals surface area contributed by atoms with Gasteiger partial charge in [-0.3, -0.25) is 24.2 Å². The lowest BCUT2D eigenvalue weighted by molar-refractivity contribution is -0.173. The summed E-state index contributed by atoms with van der Waals surface area (Å²) in [6, 6.07) is 2.17. The molecule has 37 heavy (non-hydrogen) atoms. The van der Waals surface area contributed by atoms with Crippen LogP contribution in [0.1, 0.15) is 51.0 Å². The largest absolute Gasteiger partial charge is 0.384 e. The maximum atomic E-state index is 14.7. The zero-order valence-corrected chi connectivity index (χ0v) is 21.4. The lowest BCUT2D eigenvalue weighted by atomic mass is 9.74. The SMILES string of the molecule is CN(C(=O)[C@@H]1[C@@H](Cc2ccnc(N)c2)C(=O)N1C(=O)C[C@@H](C1CCCCC1)C(C)(F)F)c1nccn1C. The fraction of sp³-hybridized carbons (Fsp3) is 0.577. The summed E-state index contributed by atoms with van der Waals surface area (Å²) in [5.74, 6) is -6.59. The number of pyridine rings is 1. The molecule has 4 rings (SSSR count). The number of likely N-dealkylation sites (tertiary alicyclic amines) is 1. The molecule has 0 spiro atoms. The predicted molar refractivity (Wildman–Crippen MR) is 133 cm³/mol. The maximum Gasteiger partial charge on any atom is 0.253 e. The number of carbonyl (C=O) groups is 3. The van der Waals surface area contributed by atoms with E-state index < -0.39 is 47.9 Å². The van der Waals surface area contributed by atoms with E-state index in [1.54, 1.807) is 29.9 Å². The fourth-order valence-corrected chi connectivity index (χ4v) is 5.74. The van der Waals surface area contributed by atoms with Crippen LogP contribution < -0.4 is 10.6 Å². The van der Waals surface area contributed by atoms with E-state index in [0.29, 0.717) is 24.4 Å². The molecule has 1 aliphatic heterocycles. The van der Waals surface area contributed by atoms with Crippen molar-refractivity contribution in [2.24, 2.45) is 24.8 Å². The number of anilines is 2. The van der Waals surface area contributed by atoms with E-state index in [4.69, 9.17) is 5.73 Å². The summed E-state index contributed by atoms with van der Waals surface area (Å²) >= 11 is 0. The van der Waals surface area contributed by atoms with E-state index in [0.717, 1.165) is 31.1 Å². The highest BCUT2D eigenvalue weighted by Crippen LogP contribution is 2.42. The molecule has 0 radical (unpaired) electrons. The van der Waals surface area contributed by atoms with Crippen LogP contribution in [0.5, 0.6) is 0 Å². The summed E-state index contributed by atoms with van der Waals surface area (Å²) < 4.78 is 31.0. The van der Waals surface area contributed by atoms with Crippen LogP contribution in [0.2, 0.25) is 0 Å². The third kappa shape index (κ3) is 5.50. The number of nitrogen functional groups attached to an aromatic ring is 1. The van der Waals surface area contributed by atoms with Crippen molar-refractivity contribution < 1.29 is 23.2 Å². The third-order valence-electron chi connectivity index (χ3n) is 7.73. The zero-order chi connectivity index (χ0) is 26.9. The van der Waals surface area contributed by atoms with Gasteiger partial charge in [-0.05, 0) is 49.8 Å². The van der Waals surface area contributed by atoms with Crippen molar-refractivity contribution >= 4 is 29.5 Å². The Labute approximate surface area is 215 Å². The molecule has 11 heteroatoms. The number of nitrogens with two attached hydrogens (primary N) is 1. The Hall–Kier alpha value is -3.37. The minimum absolute atomic E-state index is 0.163. The predicted octanol–water partition coefficient (Wildman–Crippen LogP) is 3.20. The first-order chi connectivity index (χ1) is 17.5. The van der Waals surface area contributed by atoms with Crippen LogP contribution in [0.15, 0.2) is 30.7 Å². The highest BCUT2D eigenvalue weighted by Gasteiger charge is 2.56. The third-order valence-corrected chi connectivity index (χ3v) is 7.73. The van der Waals surface area contributed by atoms with Gasteiger partial charge in [0.1, 0.15) is 11.9 Å². The number of β-lactam (4-membered cyclic amide) rings is 1. The zero-order valence-electron chi connectivity index (χ0n) is 21.4. The number of aryl methyl sites for hydroxylation is 1. The van der Waals surface area contributed by atoms with Crippen molar-refractivity contribution in [3.8, 4) is 0 Å². The van der Waals surface area contributed by atoms with Gasteiger partial charge in [0.15, 0.2) is 0 Å². The second kappa shape index (κ2) is 10.5. The summed E-state index contributed by atoms with van der Waals surface area (Å²) in [7, 11) is 3.24. The van der Waals surface area contributed by atoms with Gasteiger partial charge in [0, 0.05) is 45.0 Å². The van der Waals surface area contributed by atoms with Crippen LogP contribution in [0.4, 0.5) is 20.5 Å². The summed E-state index contributed by atoms with van der Waals surface area (Å²) in [5, 5.41) is 0. The van der Waals surface area contributed by atoms with Gasteiger partial charge in [-0.1, -0.05) is 19.3 Å². The van der Waals surface area contributed by atoms with E-state index in [1.165, 1.54) is 24.3 Å². The average molecular weight is 517 g/mol. The number of imidazole rings is 1. The maximum absolute atomic E-state index is 14.7. The minimum Gasteiger partial charge on any atom is -0.384 e. The number of imide groups is 1. The Morgan fingerprint density at radius 2 is 1.92 bits per heavy atom. The Balaban J connectivity index is 1.60. The molecular formula is C26H34F2N6O3. The number of rotatable bonds is 8. The average Bonchev–Trinajstić information content (AvgIpc) is 3.28. The Bertz CT molecular complexity index is 1160. The summed E-state index contributed by atoms with van der Waals surface area (Å²) in [5.41, 5.74) is 6.47. The molecule has 0 bridgehead atoms. The Kier molecular flexibility index (Phi) is 7.61. The van der Waals surface area contributed by atoms with Crippen LogP contribution in [-0.4, -0.2) is 56.2 Å². The minimum atomic E-state index is -3.08. The Morgan fingerprint density at radius 3 is 2.51 bits per heavy atom. The van der Waals surface area contributed by atoms with Gasteiger partial charge in [-0.2, -0.15) is 0 Å². The first-order valence-electron chi connectivity index (χ1n) is 12.7. The fourth-order valence-electron chi connectivity index (χ4n) is 5.74. The van der Waals surface area contributed by atoms with Crippen LogP contribution in [0.25, 0.3) is 0 Å².